The van der Waals surface area contributed by atoms with Crippen LogP contribution in [0.1, 0.15) is 32.6 Å². The van der Waals surface area contributed by atoms with Crippen LogP contribution in [0.2, 0.25) is 0 Å². The summed E-state index contributed by atoms with van der Waals surface area (Å²) in [5.74, 6) is 0.935. The summed E-state index contributed by atoms with van der Waals surface area (Å²) in [7, 11) is 9.74. The molecular weight excluding hydrogens is 184 g/mol. The molecule has 0 amide bonds. The fraction of sp³-hybridized carbons (Fsp3) is 1.00. The van der Waals surface area contributed by atoms with Crippen molar-refractivity contribution in [1.29, 1.82) is 0 Å². The molecule has 0 unspecified atom stereocenters. The van der Waals surface area contributed by atoms with E-state index < -0.39 is 0 Å². The first-order valence-corrected chi connectivity index (χ1v) is 6.47. The molecule has 0 aromatic heterocycles. The lowest BCUT2D eigenvalue weighted by Crippen LogP contribution is -2.68. The van der Waals surface area contributed by atoms with Crippen LogP contribution in [0.15, 0.2) is 0 Å². The highest BCUT2D eigenvalue weighted by Gasteiger charge is 2.63. The molecule has 1 saturated carbocycles. The molecule has 1 aliphatic heterocycles. The van der Waals surface area contributed by atoms with E-state index >= 15 is 0 Å². The van der Waals surface area contributed by atoms with Crippen LogP contribution in [-0.4, -0.2) is 55.9 Å². The maximum atomic E-state index is 2.54. The van der Waals surface area contributed by atoms with Crippen LogP contribution >= 0.6 is 0 Å². The van der Waals surface area contributed by atoms with Gasteiger partial charge in [-0.3, -0.25) is 8.97 Å². The average Bonchev–Trinajstić information content (AvgIpc) is 2.70. The van der Waals surface area contributed by atoms with Crippen molar-refractivity contribution in [3.05, 3.63) is 0 Å². The van der Waals surface area contributed by atoms with Crippen molar-refractivity contribution in [3.63, 3.8) is 0 Å². The molecule has 2 aliphatic rings. The number of nitrogens with zero attached hydrogens (tertiary/aromatic N) is 2. The topological polar surface area (TPSA) is 0 Å². The smallest absolute Gasteiger partial charge is 0.225 e. The Morgan fingerprint density at radius 3 is 1.67 bits per heavy atom. The first-order chi connectivity index (χ1) is 6.81. The van der Waals surface area contributed by atoms with Crippen molar-refractivity contribution >= 4 is 0 Å². The van der Waals surface area contributed by atoms with Gasteiger partial charge in [-0.05, 0) is 12.8 Å². The highest BCUT2D eigenvalue weighted by atomic mass is 15.6. The van der Waals surface area contributed by atoms with E-state index in [-0.39, 0.29) is 0 Å². The maximum Gasteiger partial charge on any atom is 0.225 e. The molecule has 0 N–H and O–H groups in total. The third kappa shape index (κ3) is 1.38. The van der Waals surface area contributed by atoms with Crippen LogP contribution in [0.4, 0.5) is 0 Å². The molecule has 0 spiro atoms. The summed E-state index contributed by atoms with van der Waals surface area (Å²) >= 11 is 0. The van der Waals surface area contributed by atoms with E-state index in [0.717, 1.165) is 5.92 Å². The van der Waals surface area contributed by atoms with Crippen molar-refractivity contribution < 1.29 is 8.97 Å². The molecule has 2 rings (SSSR count). The van der Waals surface area contributed by atoms with E-state index in [0.29, 0.717) is 5.66 Å². The zero-order valence-electron chi connectivity index (χ0n) is 11.2. The zero-order chi connectivity index (χ0) is 11.3. The number of hydrogen-bond acceptors (Lipinski definition) is 0. The molecule has 1 heterocycles. The van der Waals surface area contributed by atoms with Gasteiger partial charge in [0.05, 0.1) is 34.1 Å². The number of quaternary nitrogens is 2. The molecule has 1 aliphatic carbocycles. The van der Waals surface area contributed by atoms with Crippen molar-refractivity contribution in [2.45, 2.75) is 38.3 Å². The van der Waals surface area contributed by atoms with Crippen LogP contribution in [0.3, 0.4) is 0 Å². The molecule has 15 heavy (non-hydrogen) atoms. The predicted molar refractivity (Wildman–Crippen MR) is 64.3 cm³/mol. The second-order valence-corrected chi connectivity index (χ2v) is 6.89. The summed E-state index contributed by atoms with van der Waals surface area (Å²) in [4.78, 5) is 0. The molecule has 0 radical (unpaired) electrons. The monoisotopic (exact) mass is 212 g/mol. The average molecular weight is 212 g/mol. The first-order valence-electron chi connectivity index (χ1n) is 6.47. The van der Waals surface area contributed by atoms with Gasteiger partial charge in [-0.25, -0.2) is 0 Å². The van der Waals surface area contributed by atoms with Gasteiger partial charge in [-0.1, -0.05) is 12.8 Å². The summed E-state index contributed by atoms with van der Waals surface area (Å²) < 4.78 is 2.43. The van der Waals surface area contributed by atoms with Crippen LogP contribution in [0, 0.1) is 5.92 Å². The van der Waals surface area contributed by atoms with Crippen molar-refractivity contribution in [3.8, 4) is 0 Å². The van der Waals surface area contributed by atoms with Gasteiger partial charge in [0.1, 0.15) is 13.1 Å². The lowest BCUT2D eigenvalue weighted by molar-refractivity contribution is -1.09. The molecule has 2 heteroatoms. The molecule has 0 atom stereocenters. The van der Waals surface area contributed by atoms with E-state index in [2.05, 4.69) is 35.1 Å². The van der Waals surface area contributed by atoms with E-state index in [1.165, 1.54) is 47.7 Å². The van der Waals surface area contributed by atoms with E-state index in [1.54, 1.807) is 0 Å². The number of rotatable bonds is 1. The quantitative estimate of drug-likeness (QED) is 0.584. The van der Waals surface area contributed by atoms with Crippen LogP contribution in [0.5, 0.6) is 0 Å². The highest BCUT2D eigenvalue weighted by Crippen LogP contribution is 2.47. The van der Waals surface area contributed by atoms with Gasteiger partial charge in [0.2, 0.25) is 5.66 Å². The minimum atomic E-state index is 0.441. The lowest BCUT2D eigenvalue weighted by atomic mass is 9.88. The Morgan fingerprint density at radius 1 is 0.867 bits per heavy atom. The Hall–Kier alpha value is -0.0800. The fourth-order valence-corrected chi connectivity index (χ4v) is 4.15. The maximum absolute atomic E-state index is 2.54. The molecule has 88 valence electrons. The van der Waals surface area contributed by atoms with Crippen molar-refractivity contribution in [2.75, 3.05) is 41.3 Å². The molecule has 0 aromatic rings. The van der Waals surface area contributed by atoms with E-state index in [1.807, 2.05) is 0 Å². The standard InChI is InChI=1S/C13H28N2/c1-13(12-8-6-7-9-12)14(2,3)10-11-15(13,4)5/h12H,6-11H2,1-5H3/q+2. The zero-order valence-corrected chi connectivity index (χ0v) is 11.2. The Balaban J connectivity index is 2.36. The van der Waals surface area contributed by atoms with E-state index in [9.17, 15) is 0 Å². The summed E-state index contributed by atoms with van der Waals surface area (Å²) in [6, 6.07) is 0. The minimum Gasteiger partial charge on any atom is -0.273 e. The normalized spacial score (nSPS) is 33.4. The van der Waals surface area contributed by atoms with Crippen molar-refractivity contribution in [2.24, 2.45) is 5.92 Å². The third-order valence-corrected chi connectivity index (χ3v) is 5.80. The minimum absolute atomic E-state index is 0.441. The molecule has 0 aromatic carbocycles. The molecule has 2 nitrogen and oxygen atoms in total. The summed E-state index contributed by atoms with van der Waals surface area (Å²) in [6.07, 6.45) is 5.83. The van der Waals surface area contributed by atoms with Gasteiger partial charge < -0.3 is 0 Å². The largest absolute Gasteiger partial charge is 0.273 e. The van der Waals surface area contributed by atoms with Gasteiger partial charge >= 0.3 is 0 Å². The summed E-state index contributed by atoms with van der Waals surface area (Å²) in [6.45, 7) is 5.20. The Labute approximate surface area is 95.0 Å². The lowest BCUT2D eigenvalue weighted by Gasteiger charge is -2.49. The Kier molecular flexibility index (Phi) is 2.44. The third-order valence-electron chi connectivity index (χ3n) is 5.80. The summed E-state index contributed by atoms with van der Waals surface area (Å²) in [5.41, 5.74) is 0.441. The second kappa shape index (κ2) is 3.21. The van der Waals surface area contributed by atoms with Crippen LogP contribution < -0.4 is 0 Å². The molecule has 0 bridgehead atoms. The van der Waals surface area contributed by atoms with Gasteiger partial charge in [0, 0.05) is 6.92 Å². The fourth-order valence-electron chi connectivity index (χ4n) is 4.15. The van der Waals surface area contributed by atoms with Gasteiger partial charge in [-0.2, -0.15) is 0 Å². The number of likely N-dealkylation sites (N-methyl/N-ethyl adjacent to an activating group) is 2. The molecule has 1 saturated heterocycles. The summed E-state index contributed by atoms with van der Waals surface area (Å²) in [5, 5.41) is 0. The van der Waals surface area contributed by atoms with Gasteiger partial charge in [0.25, 0.3) is 0 Å². The van der Waals surface area contributed by atoms with E-state index in [4.69, 9.17) is 0 Å². The Morgan fingerprint density at radius 2 is 1.27 bits per heavy atom. The predicted octanol–water partition coefficient (Wildman–Crippen LogP) is 2.06. The molecular formula is C13H28N2+2. The van der Waals surface area contributed by atoms with Gasteiger partial charge in [0.15, 0.2) is 0 Å². The first kappa shape index (κ1) is 11.4. The Bertz CT molecular complexity index is 233. The van der Waals surface area contributed by atoms with Crippen molar-refractivity contribution in [1.82, 2.24) is 0 Å². The van der Waals surface area contributed by atoms with Crippen LogP contribution in [-0.2, 0) is 0 Å². The SMILES string of the molecule is CC1(C2CCCC2)[N+](C)(C)CC[N+]1(C)C. The molecule has 2 fully saturated rings. The highest BCUT2D eigenvalue weighted by molar-refractivity contribution is 4.83. The second-order valence-electron chi connectivity index (χ2n) is 6.89. The van der Waals surface area contributed by atoms with Crippen LogP contribution in [0.25, 0.3) is 0 Å². The van der Waals surface area contributed by atoms with Gasteiger partial charge in [-0.15, -0.1) is 0 Å². The number of hydrogen-bond donors (Lipinski definition) is 0.